The highest BCUT2D eigenvalue weighted by molar-refractivity contribution is 6.30. The lowest BCUT2D eigenvalue weighted by Gasteiger charge is -2.30. The van der Waals surface area contributed by atoms with Gasteiger partial charge in [0.05, 0.1) is 5.69 Å². The Bertz CT molecular complexity index is 445. The van der Waals surface area contributed by atoms with Crippen LogP contribution in [0.3, 0.4) is 0 Å². The first-order valence-electron chi connectivity index (χ1n) is 6.39. The molecular formula is C13H20ClN3O. The first kappa shape index (κ1) is 13.6. The van der Waals surface area contributed by atoms with E-state index < -0.39 is 0 Å². The molecule has 0 aliphatic heterocycles. The molecule has 0 unspecified atom stereocenters. The van der Waals surface area contributed by atoms with E-state index >= 15 is 0 Å². The third-order valence-corrected chi connectivity index (χ3v) is 4.29. The number of Topliss-reactive ketones (excluding diaryl/α,β-unsaturated/α-hetero) is 1. The van der Waals surface area contributed by atoms with Gasteiger partial charge in [-0.3, -0.25) is 14.4 Å². The zero-order valence-corrected chi connectivity index (χ0v) is 12.0. The van der Waals surface area contributed by atoms with Crippen LogP contribution in [0, 0.1) is 6.92 Å². The maximum Gasteiger partial charge on any atom is 0.133 e. The van der Waals surface area contributed by atoms with Gasteiger partial charge in [-0.25, -0.2) is 0 Å². The highest BCUT2D eigenvalue weighted by Gasteiger charge is 2.23. The highest BCUT2D eigenvalue weighted by atomic mass is 35.5. The number of carbonyl (C=O) groups excluding carboxylic acids is 1. The molecule has 1 fully saturated rings. The number of rotatable bonds is 3. The molecule has 18 heavy (non-hydrogen) atoms. The second-order valence-electron chi connectivity index (χ2n) is 5.16. The van der Waals surface area contributed by atoms with Gasteiger partial charge in [-0.1, -0.05) is 11.6 Å². The van der Waals surface area contributed by atoms with Crippen molar-refractivity contribution in [3.63, 3.8) is 0 Å². The number of aryl methyl sites for hydroxylation is 2. The molecule has 100 valence electrons. The van der Waals surface area contributed by atoms with Gasteiger partial charge in [-0.05, 0) is 26.8 Å². The molecule has 0 bridgehead atoms. The molecule has 2 rings (SSSR count). The van der Waals surface area contributed by atoms with Crippen molar-refractivity contribution in [3.8, 4) is 0 Å². The predicted molar refractivity (Wildman–Crippen MR) is 71.7 cm³/mol. The van der Waals surface area contributed by atoms with Gasteiger partial charge in [-0.15, -0.1) is 0 Å². The molecule has 1 aliphatic carbocycles. The van der Waals surface area contributed by atoms with Gasteiger partial charge in [0.25, 0.3) is 0 Å². The second kappa shape index (κ2) is 5.41. The molecule has 1 aromatic rings. The Balaban J connectivity index is 2.02. The largest absolute Gasteiger partial charge is 0.300 e. The molecule has 4 nitrogen and oxygen atoms in total. The van der Waals surface area contributed by atoms with Crippen LogP contribution in [0.5, 0.6) is 0 Å². The predicted octanol–water partition coefficient (Wildman–Crippen LogP) is 2.33. The van der Waals surface area contributed by atoms with E-state index in [0.29, 0.717) is 17.0 Å². The lowest BCUT2D eigenvalue weighted by molar-refractivity contribution is -0.121. The molecule has 0 saturated heterocycles. The van der Waals surface area contributed by atoms with E-state index in [1.807, 2.05) is 14.0 Å². The molecule has 0 radical (unpaired) electrons. The number of carbonyl (C=O) groups is 1. The summed E-state index contributed by atoms with van der Waals surface area (Å²) in [6.45, 7) is 2.79. The summed E-state index contributed by atoms with van der Waals surface area (Å²) in [5.74, 6) is 0.398. The summed E-state index contributed by atoms with van der Waals surface area (Å²) in [7, 11) is 3.96. The fourth-order valence-electron chi connectivity index (χ4n) is 2.60. The molecule has 0 amide bonds. The zero-order valence-electron chi connectivity index (χ0n) is 11.2. The molecule has 1 aliphatic rings. The van der Waals surface area contributed by atoms with Gasteiger partial charge in [0, 0.05) is 38.0 Å². The van der Waals surface area contributed by atoms with Crippen molar-refractivity contribution in [2.45, 2.75) is 45.2 Å². The molecule has 0 N–H and O–H groups in total. The van der Waals surface area contributed by atoms with Crippen LogP contribution in [-0.4, -0.2) is 33.6 Å². The average Bonchev–Trinajstić information content (AvgIpc) is 2.57. The number of hydrogen-bond acceptors (Lipinski definition) is 3. The summed E-state index contributed by atoms with van der Waals surface area (Å²) in [4.78, 5) is 13.5. The van der Waals surface area contributed by atoms with Crippen LogP contribution in [0.1, 0.15) is 36.9 Å². The minimum Gasteiger partial charge on any atom is -0.300 e. The molecule has 0 atom stereocenters. The van der Waals surface area contributed by atoms with E-state index in [-0.39, 0.29) is 0 Å². The quantitative estimate of drug-likeness (QED) is 0.845. The van der Waals surface area contributed by atoms with Gasteiger partial charge < -0.3 is 0 Å². The van der Waals surface area contributed by atoms with Crippen LogP contribution in [0.4, 0.5) is 0 Å². The van der Waals surface area contributed by atoms with Crippen molar-refractivity contribution >= 4 is 17.4 Å². The minimum atomic E-state index is 0.398. The van der Waals surface area contributed by atoms with Crippen molar-refractivity contribution in [1.82, 2.24) is 14.7 Å². The Morgan fingerprint density at radius 2 is 2.06 bits per heavy atom. The Hall–Kier alpha value is -0.870. The van der Waals surface area contributed by atoms with Crippen LogP contribution in [0.25, 0.3) is 0 Å². The van der Waals surface area contributed by atoms with E-state index in [0.717, 1.165) is 43.5 Å². The van der Waals surface area contributed by atoms with E-state index in [2.05, 4.69) is 17.0 Å². The molecule has 5 heteroatoms. The smallest absolute Gasteiger partial charge is 0.133 e. The normalized spacial score (nSPS) is 17.7. The monoisotopic (exact) mass is 269 g/mol. The number of hydrogen-bond donors (Lipinski definition) is 0. The maximum absolute atomic E-state index is 11.2. The molecular weight excluding hydrogens is 250 g/mol. The summed E-state index contributed by atoms with van der Waals surface area (Å²) in [5, 5.41) is 5.04. The Morgan fingerprint density at radius 3 is 2.56 bits per heavy atom. The molecule has 1 heterocycles. The molecule has 0 aromatic carbocycles. The van der Waals surface area contributed by atoms with Crippen LogP contribution in [-0.2, 0) is 18.4 Å². The summed E-state index contributed by atoms with van der Waals surface area (Å²) < 4.78 is 1.71. The Labute approximate surface area is 113 Å². The summed E-state index contributed by atoms with van der Waals surface area (Å²) in [6.07, 6.45) is 3.36. The van der Waals surface area contributed by atoms with E-state index in [1.54, 1.807) is 4.68 Å². The van der Waals surface area contributed by atoms with Crippen LogP contribution in [0.2, 0.25) is 5.15 Å². The first-order valence-corrected chi connectivity index (χ1v) is 6.76. The number of ketones is 1. The summed E-state index contributed by atoms with van der Waals surface area (Å²) >= 11 is 6.24. The lowest BCUT2D eigenvalue weighted by atomic mass is 9.93. The topological polar surface area (TPSA) is 38.1 Å². The average molecular weight is 270 g/mol. The van der Waals surface area contributed by atoms with Gasteiger partial charge in [-0.2, -0.15) is 5.10 Å². The Morgan fingerprint density at radius 1 is 1.44 bits per heavy atom. The first-order chi connectivity index (χ1) is 8.49. The SMILES string of the molecule is Cc1nn(C)c(Cl)c1CN(C)C1CCC(=O)CC1. The number of nitrogens with zero attached hydrogens (tertiary/aromatic N) is 3. The summed E-state index contributed by atoms with van der Waals surface area (Å²) in [5.41, 5.74) is 2.08. The van der Waals surface area contributed by atoms with E-state index in [4.69, 9.17) is 11.6 Å². The maximum atomic E-state index is 11.2. The third-order valence-electron chi connectivity index (χ3n) is 3.81. The van der Waals surface area contributed by atoms with Crippen LogP contribution < -0.4 is 0 Å². The Kier molecular flexibility index (Phi) is 4.07. The fourth-order valence-corrected chi connectivity index (χ4v) is 2.83. The number of aromatic nitrogens is 2. The third kappa shape index (κ3) is 2.75. The molecule has 1 aromatic heterocycles. The molecule has 1 saturated carbocycles. The van der Waals surface area contributed by atoms with Gasteiger partial charge in [0.1, 0.15) is 10.9 Å². The standard InChI is InChI=1S/C13H20ClN3O/c1-9-12(13(14)17(3)15-9)8-16(2)10-4-6-11(18)7-5-10/h10H,4-8H2,1-3H3. The van der Waals surface area contributed by atoms with Gasteiger partial charge in [0.2, 0.25) is 0 Å². The lowest BCUT2D eigenvalue weighted by Crippen LogP contribution is -2.35. The van der Waals surface area contributed by atoms with Crippen molar-refractivity contribution in [3.05, 3.63) is 16.4 Å². The van der Waals surface area contributed by atoms with Crippen molar-refractivity contribution in [1.29, 1.82) is 0 Å². The zero-order chi connectivity index (χ0) is 13.3. The summed E-state index contributed by atoms with van der Waals surface area (Å²) in [6, 6.07) is 0.485. The van der Waals surface area contributed by atoms with Gasteiger partial charge >= 0.3 is 0 Å². The number of halogens is 1. The van der Waals surface area contributed by atoms with Gasteiger partial charge in [0.15, 0.2) is 0 Å². The second-order valence-corrected chi connectivity index (χ2v) is 5.52. The van der Waals surface area contributed by atoms with E-state index in [9.17, 15) is 4.79 Å². The molecule has 0 spiro atoms. The van der Waals surface area contributed by atoms with E-state index in [1.165, 1.54) is 0 Å². The van der Waals surface area contributed by atoms with Crippen molar-refractivity contribution in [2.24, 2.45) is 7.05 Å². The van der Waals surface area contributed by atoms with Crippen molar-refractivity contribution in [2.75, 3.05) is 7.05 Å². The van der Waals surface area contributed by atoms with Crippen LogP contribution >= 0.6 is 11.6 Å². The minimum absolute atomic E-state index is 0.398. The van der Waals surface area contributed by atoms with Crippen molar-refractivity contribution < 1.29 is 4.79 Å². The van der Waals surface area contributed by atoms with Crippen LogP contribution in [0.15, 0.2) is 0 Å². The fraction of sp³-hybridized carbons (Fsp3) is 0.692. The highest BCUT2D eigenvalue weighted by Crippen LogP contribution is 2.24.